The molecule has 0 bridgehead atoms. The van der Waals surface area contributed by atoms with Gasteiger partial charge in [0.05, 0.1) is 0 Å². The maximum absolute atomic E-state index is 12.2. The number of halogens is 2. The van der Waals surface area contributed by atoms with E-state index >= 15 is 0 Å². The lowest BCUT2D eigenvalue weighted by atomic mass is 9.93. The molecular weight excluding hydrogens is 150 g/mol. The molecule has 0 amide bonds. The molecular formula is C8H16F2O. The molecule has 0 radical (unpaired) electrons. The van der Waals surface area contributed by atoms with Crippen LogP contribution >= 0.6 is 0 Å². The van der Waals surface area contributed by atoms with Gasteiger partial charge in [-0.1, -0.05) is 26.7 Å². The van der Waals surface area contributed by atoms with E-state index in [4.69, 9.17) is 0 Å². The van der Waals surface area contributed by atoms with E-state index < -0.39 is 12.0 Å². The third kappa shape index (κ3) is 3.14. The summed E-state index contributed by atoms with van der Waals surface area (Å²) in [5, 5.41) is 9.34. The Morgan fingerprint density at radius 3 is 1.73 bits per heavy atom. The molecule has 1 nitrogen and oxygen atoms in total. The van der Waals surface area contributed by atoms with Gasteiger partial charge in [-0.15, -0.1) is 0 Å². The zero-order valence-corrected chi connectivity index (χ0v) is 7.11. The Morgan fingerprint density at radius 1 is 1.18 bits per heavy atom. The van der Waals surface area contributed by atoms with Crippen molar-refractivity contribution < 1.29 is 13.9 Å². The van der Waals surface area contributed by atoms with Gasteiger partial charge in [0.2, 0.25) is 0 Å². The quantitative estimate of drug-likeness (QED) is 0.665. The molecule has 0 unspecified atom stereocenters. The van der Waals surface area contributed by atoms with Crippen LogP contribution in [0.4, 0.5) is 8.78 Å². The van der Waals surface area contributed by atoms with Gasteiger partial charge in [-0.3, -0.25) is 0 Å². The van der Waals surface area contributed by atoms with Crippen LogP contribution in [0.25, 0.3) is 0 Å². The van der Waals surface area contributed by atoms with Gasteiger partial charge >= 0.3 is 0 Å². The number of rotatable bonds is 5. The fraction of sp³-hybridized carbons (Fsp3) is 1.00. The van der Waals surface area contributed by atoms with E-state index in [2.05, 4.69) is 0 Å². The highest BCUT2D eigenvalue weighted by molar-refractivity contribution is 4.79. The highest BCUT2D eigenvalue weighted by Gasteiger charge is 2.35. The molecule has 0 saturated carbocycles. The highest BCUT2D eigenvalue weighted by atomic mass is 19.3. The predicted molar refractivity (Wildman–Crippen MR) is 40.8 cm³/mol. The van der Waals surface area contributed by atoms with Gasteiger partial charge in [0.1, 0.15) is 5.60 Å². The zero-order chi connectivity index (χ0) is 8.91. The summed E-state index contributed by atoms with van der Waals surface area (Å²) in [6, 6.07) is 0. The van der Waals surface area contributed by atoms with Crippen molar-refractivity contribution in [2.24, 2.45) is 0 Å². The molecule has 0 aromatic rings. The van der Waals surface area contributed by atoms with Crippen LogP contribution in [0.5, 0.6) is 0 Å². The lowest BCUT2D eigenvalue weighted by Crippen LogP contribution is -2.36. The minimum atomic E-state index is -2.61. The molecule has 11 heavy (non-hydrogen) atoms. The Bertz CT molecular complexity index is 98.3. The van der Waals surface area contributed by atoms with Gasteiger partial charge in [0, 0.05) is 0 Å². The van der Waals surface area contributed by atoms with E-state index in [0.717, 1.165) is 0 Å². The van der Waals surface area contributed by atoms with Crippen LogP contribution in [0.1, 0.15) is 39.5 Å². The second kappa shape index (κ2) is 4.65. The van der Waals surface area contributed by atoms with Crippen molar-refractivity contribution in [3.63, 3.8) is 0 Å². The molecule has 68 valence electrons. The maximum Gasteiger partial charge on any atom is 0.266 e. The van der Waals surface area contributed by atoms with Gasteiger partial charge in [-0.25, -0.2) is 8.78 Å². The van der Waals surface area contributed by atoms with Crippen LogP contribution in [0, 0.1) is 0 Å². The number of alkyl halides is 2. The molecule has 0 saturated heterocycles. The van der Waals surface area contributed by atoms with Crippen LogP contribution in [0.2, 0.25) is 0 Å². The Morgan fingerprint density at radius 2 is 1.55 bits per heavy atom. The van der Waals surface area contributed by atoms with Crippen LogP contribution in [0.15, 0.2) is 0 Å². The fourth-order valence-corrected chi connectivity index (χ4v) is 1.21. The largest absolute Gasteiger partial charge is 0.384 e. The molecule has 0 fully saturated rings. The first kappa shape index (κ1) is 10.8. The van der Waals surface area contributed by atoms with Gasteiger partial charge < -0.3 is 5.11 Å². The number of hydrogen-bond acceptors (Lipinski definition) is 1. The molecule has 1 N–H and O–H groups in total. The second-order valence-electron chi connectivity index (χ2n) is 2.90. The van der Waals surface area contributed by atoms with Crippen molar-refractivity contribution in [3.05, 3.63) is 0 Å². The van der Waals surface area contributed by atoms with E-state index in [1.165, 1.54) is 0 Å². The van der Waals surface area contributed by atoms with E-state index in [1.807, 2.05) is 0 Å². The van der Waals surface area contributed by atoms with E-state index in [0.29, 0.717) is 12.8 Å². The first-order valence-electron chi connectivity index (χ1n) is 4.07. The van der Waals surface area contributed by atoms with Crippen molar-refractivity contribution in [2.75, 3.05) is 0 Å². The molecule has 0 aromatic carbocycles. The van der Waals surface area contributed by atoms with Gasteiger partial charge in [-0.05, 0) is 12.8 Å². The molecule has 3 heteroatoms. The van der Waals surface area contributed by atoms with Crippen LogP contribution < -0.4 is 0 Å². The average Bonchev–Trinajstić information content (AvgIpc) is 1.88. The molecule has 0 atom stereocenters. The lowest BCUT2D eigenvalue weighted by Gasteiger charge is -2.26. The van der Waals surface area contributed by atoms with E-state index in [-0.39, 0.29) is 12.8 Å². The SMILES string of the molecule is CCCC(O)(CCC)C(F)F. The standard InChI is InChI=1S/C8H16F2O/c1-3-5-8(11,6-4-2)7(9)10/h7,11H,3-6H2,1-2H3. The van der Waals surface area contributed by atoms with Crippen molar-refractivity contribution in [3.8, 4) is 0 Å². The first-order chi connectivity index (χ1) is 5.06. The summed E-state index contributed by atoms with van der Waals surface area (Å²) in [6.45, 7) is 3.59. The third-order valence-corrected chi connectivity index (χ3v) is 1.77. The zero-order valence-electron chi connectivity index (χ0n) is 7.11. The normalized spacial score (nSPS) is 12.5. The second-order valence-corrected chi connectivity index (χ2v) is 2.90. The Balaban J connectivity index is 4.01. The summed E-state index contributed by atoms with van der Waals surface area (Å²) in [4.78, 5) is 0. The molecule has 0 heterocycles. The van der Waals surface area contributed by atoms with Crippen LogP contribution in [0.3, 0.4) is 0 Å². The summed E-state index contributed by atoms with van der Waals surface area (Å²) < 4.78 is 24.4. The third-order valence-electron chi connectivity index (χ3n) is 1.77. The summed E-state index contributed by atoms with van der Waals surface area (Å²) in [5.41, 5.74) is -1.73. The topological polar surface area (TPSA) is 20.2 Å². The highest BCUT2D eigenvalue weighted by Crippen LogP contribution is 2.26. The van der Waals surface area contributed by atoms with Crippen molar-refractivity contribution in [1.82, 2.24) is 0 Å². The maximum atomic E-state index is 12.2. The van der Waals surface area contributed by atoms with E-state index in [9.17, 15) is 13.9 Å². The Labute approximate surface area is 66.4 Å². The molecule has 0 spiro atoms. The van der Waals surface area contributed by atoms with Gasteiger partial charge in [-0.2, -0.15) is 0 Å². The molecule has 0 aliphatic rings. The Kier molecular flexibility index (Phi) is 4.57. The van der Waals surface area contributed by atoms with Crippen LogP contribution in [-0.4, -0.2) is 17.1 Å². The van der Waals surface area contributed by atoms with Gasteiger partial charge in [0.25, 0.3) is 6.43 Å². The summed E-state index contributed by atoms with van der Waals surface area (Å²) in [6.07, 6.45) is -1.03. The van der Waals surface area contributed by atoms with Gasteiger partial charge in [0.15, 0.2) is 0 Å². The molecule has 0 aromatic heterocycles. The first-order valence-corrected chi connectivity index (χ1v) is 4.07. The molecule has 0 aliphatic heterocycles. The summed E-state index contributed by atoms with van der Waals surface area (Å²) in [5.74, 6) is 0. The van der Waals surface area contributed by atoms with Crippen molar-refractivity contribution in [1.29, 1.82) is 0 Å². The Hall–Kier alpha value is -0.180. The lowest BCUT2D eigenvalue weighted by molar-refractivity contribution is -0.106. The minimum absolute atomic E-state index is 0.193. The summed E-state index contributed by atoms with van der Waals surface area (Å²) >= 11 is 0. The average molecular weight is 166 g/mol. The van der Waals surface area contributed by atoms with Crippen molar-refractivity contribution in [2.45, 2.75) is 51.6 Å². The monoisotopic (exact) mass is 166 g/mol. The fourth-order valence-electron chi connectivity index (χ4n) is 1.21. The number of hydrogen-bond donors (Lipinski definition) is 1. The predicted octanol–water partition coefficient (Wildman–Crippen LogP) is 2.58. The summed E-state index contributed by atoms with van der Waals surface area (Å²) in [7, 11) is 0. The minimum Gasteiger partial charge on any atom is -0.384 e. The van der Waals surface area contributed by atoms with Crippen LogP contribution in [-0.2, 0) is 0 Å². The molecule has 0 aliphatic carbocycles. The van der Waals surface area contributed by atoms with E-state index in [1.54, 1.807) is 13.8 Å². The smallest absolute Gasteiger partial charge is 0.266 e. The van der Waals surface area contributed by atoms with Crippen molar-refractivity contribution >= 4 is 0 Å². The number of aliphatic hydroxyl groups is 1. The molecule has 0 rings (SSSR count).